The summed E-state index contributed by atoms with van der Waals surface area (Å²) in [5, 5.41) is 8.67. The topological polar surface area (TPSA) is 49.8 Å². The number of carbonyl (C=O) groups is 1. The molecule has 2 unspecified atom stereocenters. The summed E-state index contributed by atoms with van der Waals surface area (Å²) < 4.78 is 5.08. The monoisotopic (exact) mass is 231 g/mol. The molecule has 0 spiro atoms. The van der Waals surface area contributed by atoms with Gasteiger partial charge in [0.1, 0.15) is 0 Å². The van der Waals surface area contributed by atoms with Crippen LogP contribution in [0.2, 0.25) is 0 Å². The number of rotatable bonds is 9. The summed E-state index contributed by atoms with van der Waals surface area (Å²) in [6.45, 7) is 7.97. The normalized spacial score (nSPS) is 15.1. The Kier molecular flexibility index (Phi) is 8.21. The summed E-state index contributed by atoms with van der Waals surface area (Å²) in [5.41, 5.74) is 0. The second kappa shape index (κ2) is 8.53. The van der Waals surface area contributed by atoms with E-state index in [4.69, 9.17) is 9.84 Å². The fourth-order valence-electron chi connectivity index (χ4n) is 1.80. The lowest BCUT2D eigenvalue weighted by Crippen LogP contribution is -2.42. The molecule has 0 radical (unpaired) electrons. The van der Waals surface area contributed by atoms with Gasteiger partial charge in [0.05, 0.1) is 6.61 Å². The lowest BCUT2D eigenvalue weighted by molar-refractivity contribution is -0.137. The average Bonchev–Trinajstić information content (AvgIpc) is 2.26. The zero-order valence-corrected chi connectivity index (χ0v) is 10.9. The van der Waals surface area contributed by atoms with Crippen LogP contribution in [0.25, 0.3) is 0 Å². The van der Waals surface area contributed by atoms with Gasteiger partial charge in [0.15, 0.2) is 0 Å². The zero-order valence-electron chi connectivity index (χ0n) is 10.9. The maximum Gasteiger partial charge on any atom is 0.303 e. The Labute approximate surface area is 98.6 Å². The molecule has 2 atom stereocenters. The molecule has 0 aliphatic heterocycles. The smallest absolute Gasteiger partial charge is 0.303 e. The Morgan fingerprint density at radius 2 is 2.00 bits per heavy atom. The molecule has 0 aromatic carbocycles. The number of methoxy groups -OCH3 is 1. The van der Waals surface area contributed by atoms with Crippen LogP contribution in [-0.2, 0) is 9.53 Å². The van der Waals surface area contributed by atoms with E-state index >= 15 is 0 Å². The molecule has 0 saturated heterocycles. The first-order valence-corrected chi connectivity index (χ1v) is 5.99. The first-order valence-electron chi connectivity index (χ1n) is 5.99. The predicted molar refractivity (Wildman–Crippen MR) is 64.7 cm³/mol. The molecule has 0 aliphatic carbocycles. The van der Waals surface area contributed by atoms with Crippen LogP contribution in [0.15, 0.2) is 0 Å². The third-order valence-electron chi connectivity index (χ3n) is 3.05. The van der Waals surface area contributed by atoms with Crippen LogP contribution in [0.4, 0.5) is 0 Å². The van der Waals surface area contributed by atoms with Crippen molar-refractivity contribution in [3.63, 3.8) is 0 Å². The Morgan fingerprint density at radius 1 is 1.38 bits per heavy atom. The van der Waals surface area contributed by atoms with E-state index < -0.39 is 5.97 Å². The van der Waals surface area contributed by atoms with Crippen molar-refractivity contribution in [2.24, 2.45) is 0 Å². The average molecular weight is 231 g/mol. The van der Waals surface area contributed by atoms with Gasteiger partial charge in [-0.1, -0.05) is 6.92 Å². The Hall–Kier alpha value is -0.610. The zero-order chi connectivity index (χ0) is 12.6. The van der Waals surface area contributed by atoms with Gasteiger partial charge in [-0.15, -0.1) is 0 Å². The van der Waals surface area contributed by atoms with Gasteiger partial charge in [0, 0.05) is 32.2 Å². The number of ether oxygens (including phenoxy) is 1. The van der Waals surface area contributed by atoms with Crippen LogP contribution >= 0.6 is 0 Å². The van der Waals surface area contributed by atoms with E-state index in [2.05, 4.69) is 25.7 Å². The third kappa shape index (κ3) is 6.08. The predicted octanol–water partition coefficient (Wildman–Crippen LogP) is 1.99. The van der Waals surface area contributed by atoms with Gasteiger partial charge in [-0.25, -0.2) is 0 Å². The van der Waals surface area contributed by atoms with Crippen molar-refractivity contribution in [3.05, 3.63) is 0 Å². The minimum Gasteiger partial charge on any atom is -0.481 e. The van der Waals surface area contributed by atoms with Crippen LogP contribution in [0, 0.1) is 0 Å². The molecule has 0 saturated carbocycles. The van der Waals surface area contributed by atoms with Crippen LogP contribution < -0.4 is 0 Å². The van der Waals surface area contributed by atoms with Crippen molar-refractivity contribution in [2.45, 2.75) is 52.1 Å². The summed E-state index contributed by atoms with van der Waals surface area (Å²) in [6.07, 6.45) is 2.01. The molecule has 0 rings (SSSR count). The summed E-state index contributed by atoms with van der Waals surface area (Å²) in [6, 6.07) is 0.764. The van der Waals surface area contributed by atoms with Gasteiger partial charge < -0.3 is 9.84 Å². The second-order valence-electron chi connectivity index (χ2n) is 4.27. The molecule has 0 amide bonds. The van der Waals surface area contributed by atoms with Gasteiger partial charge in [0.2, 0.25) is 0 Å². The molecule has 96 valence electrons. The van der Waals surface area contributed by atoms with E-state index in [0.29, 0.717) is 25.1 Å². The molecule has 0 aromatic rings. The highest BCUT2D eigenvalue weighted by Gasteiger charge is 2.19. The lowest BCUT2D eigenvalue weighted by Gasteiger charge is -2.33. The molecule has 4 heteroatoms. The van der Waals surface area contributed by atoms with Crippen molar-refractivity contribution >= 4 is 5.97 Å². The highest BCUT2D eigenvalue weighted by molar-refractivity contribution is 5.66. The highest BCUT2D eigenvalue weighted by Crippen LogP contribution is 2.12. The standard InChI is InChI=1S/C12H25NO3/c1-5-10(2)13(8-9-16-4)11(3)6-7-12(14)15/h10-11H,5-9H2,1-4H3,(H,14,15). The van der Waals surface area contributed by atoms with Gasteiger partial charge in [0.25, 0.3) is 0 Å². The van der Waals surface area contributed by atoms with E-state index in [-0.39, 0.29) is 6.42 Å². The van der Waals surface area contributed by atoms with E-state index in [0.717, 1.165) is 13.0 Å². The number of carboxylic acids is 1. The maximum atomic E-state index is 10.5. The van der Waals surface area contributed by atoms with E-state index in [1.807, 2.05) is 0 Å². The largest absolute Gasteiger partial charge is 0.481 e. The van der Waals surface area contributed by atoms with E-state index in [1.54, 1.807) is 7.11 Å². The van der Waals surface area contributed by atoms with E-state index in [1.165, 1.54) is 0 Å². The number of hydrogen-bond acceptors (Lipinski definition) is 3. The first-order chi connectivity index (χ1) is 7.52. The summed E-state index contributed by atoms with van der Waals surface area (Å²) in [5.74, 6) is -0.720. The second-order valence-corrected chi connectivity index (χ2v) is 4.27. The highest BCUT2D eigenvalue weighted by atomic mass is 16.5. The Morgan fingerprint density at radius 3 is 2.44 bits per heavy atom. The molecule has 4 nitrogen and oxygen atoms in total. The summed E-state index contributed by atoms with van der Waals surface area (Å²) in [4.78, 5) is 12.9. The van der Waals surface area contributed by atoms with Crippen molar-refractivity contribution in [3.8, 4) is 0 Å². The molecule has 0 fully saturated rings. The number of hydrogen-bond donors (Lipinski definition) is 1. The molecule has 0 heterocycles. The van der Waals surface area contributed by atoms with Crippen LogP contribution in [0.5, 0.6) is 0 Å². The number of carboxylic acid groups (broad SMARTS) is 1. The number of nitrogens with zero attached hydrogens (tertiary/aromatic N) is 1. The molecule has 0 aliphatic rings. The molecule has 0 bridgehead atoms. The lowest BCUT2D eigenvalue weighted by atomic mass is 10.1. The SMILES string of the molecule is CCC(C)N(CCOC)C(C)CCC(=O)O. The minimum absolute atomic E-state index is 0.237. The van der Waals surface area contributed by atoms with Gasteiger partial charge in [-0.3, -0.25) is 9.69 Å². The number of aliphatic carboxylic acids is 1. The van der Waals surface area contributed by atoms with Crippen molar-refractivity contribution < 1.29 is 14.6 Å². The first kappa shape index (κ1) is 15.4. The summed E-state index contributed by atoms with van der Waals surface area (Å²) >= 11 is 0. The minimum atomic E-state index is -0.720. The van der Waals surface area contributed by atoms with Crippen molar-refractivity contribution in [2.75, 3.05) is 20.3 Å². The van der Waals surface area contributed by atoms with Gasteiger partial charge in [-0.2, -0.15) is 0 Å². The van der Waals surface area contributed by atoms with Crippen LogP contribution in [-0.4, -0.2) is 48.3 Å². The maximum absolute atomic E-state index is 10.5. The van der Waals surface area contributed by atoms with Crippen molar-refractivity contribution in [1.82, 2.24) is 4.90 Å². The summed E-state index contributed by atoms with van der Waals surface area (Å²) in [7, 11) is 1.69. The Bertz CT molecular complexity index is 197. The van der Waals surface area contributed by atoms with Gasteiger partial charge in [-0.05, 0) is 26.7 Å². The molecule has 0 aromatic heterocycles. The van der Waals surface area contributed by atoms with Crippen LogP contribution in [0.3, 0.4) is 0 Å². The molecule has 1 N–H and O–H groups in total. The van der Waals surface area contributed by atoms with Gasteiger partial charge >= 0.3 is 5.97 Å². The fourth-order valence-corrected chi connectivity index (χ4v) is 1.80. The van der Waals surface area contributed by atoms with Crippen molar-refractivity contribution in [1.29, 1.82) is 0 Å². The molecular weight excluding hydrogens is 206 g/mol. The third-order valence-corrected chi connectivity index (χ3v) is 3.05. The molecule has 16 heavy (non-hydrogen) atoms. The quantitative estimate of drug-likeness (QED) is 0.659. The van der Waals surface area contributed by atoms with E-state index in [9.17, 15) is 4.79 Å². The molecular formula is C12H25NO3. The Balaban J connectivity index is 4.19. The fraction of sp³-hybridized carbons (Fsp3) is 0.917. The van der Waals surface area contributed by atoms with Crippen LogP contribution in [0.1, 0.15) is 40.0 Å².